The molecule has 2 atom stereocenters. The SMILES string of the molecule is CNC(c1cccc2ccncc12)C1CC1(C)C. The van der Waals surface area contributed by atoms with Gasteiger partial charge in [0, 0.05) is 23.8 Å². The maximum Gasteiger partial charge on any atom is 0.0358 e. The molecule has 1 fully saturated rings. The van der Waals surface area contributed by atoms with E-state index in [1.54, 1.807) is 0 Å². The Hall–Kier alpha value is -1.41. The molecule has 0 amide bonds. The first kappa shape index (κ1) is 11.7. The molecule has 0 aliphatic heterocycles. The molecule has 1 aromatic carbocycles. The van der Waals surface area contributed by atoms with E-state index >= 15 is 0 Å². The molecule has 94 valence electrons. The van der Waals surface area contributed by atoms with Crippen molar-refractivity contribution in [3.8, 4) is 0 Å². The van der Waals surface area contributed by atoms with E-state index in [0.29, 0.717) is 11.5 Å². The van der Waals surface area contributed by atoms with Crippen LogP contribution < -0.4 is 5.32 Å². The van der Waals surface area contributed by atoms with E-state index in [9.17, 15) is 0 Å². The lowest BCUT2D eigenvalue weighted by molar-refractivity contribution is 0.443. The highest BCUT2D eigenvalue weighted by Gasteiger charge is 2.50. The third-order valence-electron chi connectivity index (χ3n) is 4.36. The van der Waals surface area contributed by atoms with Crippen molar-refractivity contribution in [1.82, 2.24) is 10.3 Å². The summed E-state index contributed by atoms with van der Waals surface area (Å²) in [6.45, 7) is 4.71. The largest absolute Gasteiger partial charge is 0.313 e. The molecule has 2 nitrogen and oxygen atoms in total. The highest BCUT2D eigenvalue weighted by Crippen LogP contribution is 2.58. The van der Waals surface area contributed by atoms with Gasteiger partial charge >= 0.3 is 0 Å². The number of fused-ring (bicyclic) bond motifs is 1. The molecule has 2 heteroatoms. The second kappa shape index (κ2) is 4.06. The van der Waals surface area contributed by atoms with Crippen LogP contribution in [0.5, 0.6) is 0 Å². The minimum atomic E-state index is 0.438. The van der Waals surface area contributed by atoms with E-state index in [-0.39, 0.29) is 0 Å². The van der Waals surface area contributed by atoms with Crippen LogP contribution >= 0.6 is 0 Å². The van der Waals surface area contributed by atoms with Crippen LogP contribution in [-0.2, 0) is 0 Å². The Kier molecular flexibility index (Phi) is 2.63. The first-order valence-electron chi connectivity index (χ1n) is 6.63. The Morgan fingerprint density at radius 2 is 2.11 bits per heavy atom. The summed E-state index contributed by atoms with van der Waals surface area (Å²) in [6.07, 6.45) is 5.15. The lowest BCUT2D eigenvalue weighted by Crippen LogP contribution is -2.20. The summed E-state index contributed by atoms with van der Waals surface area (Å²) < 4.78 is 0. The molecule has 1 heterocycles. The number of aromatic nitrogens is 1. The summed E-state index contributed by atoms with van der Waals surface area (Å²) in [6, 6.07) is 9.07. The molecule has 1 N–H and O–H groups in total. The Labute approximate surface area is 108 Å². The number of benzene rings is 1. The number of hydrogen-bond donors (Lipinski definition) is 1. The fourth-order valence-electron chi connectivity index (χ4n) is 3.06. The lowest BCUT2D eigenvalue weighted by atomic mass is 9.93. The zero-order valence-corrected chi connectivity index (χ0v) is 11.3. The van der Waals surface area contributed by atoms with Crippen molar-refractivity contribution in [1.29, 1.82) is 0 Å². The summed E-state index contributed by atoms with van der Waals surface area (Å²) in [4.78, 5) is 4.28. The van der Waals surface area contributed by atoms with E-state index in [1.165, 1.54) is 22.8 Å². The minimum Gasteiger partial charge on any atom is -0.313 e. The first-order valence-corrected chi connectivity index (χ1v) is 6.63. The van der Waals surface area contributed by atoms with Gasteiger partial charge in [-0.05, 0) is 41.8 Å². The standard InChI is InChI=1S/C16H20N2/c1-16(2)9-14(16)15(17-3)12-6-4-5-11-7-8-18-10-13(11)12/h4-8,10,14-15,17H,9H2,1-3H3. The number of hydrogen-bond acceptors (Lipinski definition) is 2. The Bertz CT molecular complexity index is 569. The zero-order valence-electron chi connectivity index (χ0n) is 11.3. The molecule has 3 rings (SSSR count). The lowest BCUT2D eigenvalue weighted by Gasteiger charge is -2.20. The van der Waals surface area contributed by atoms with Gasteiger partial charge < -0.3 is 5.32 Å². The Morgan fingerprint density at radius 3 is 2.78 bits per heavy atom. The van der Waals surface area contributed by atoms with Crippen LogP contribution in [0.4, 0.5) is 0 Å². The van der Waals surface area contributed by atoms with E-state index in [2.05, 4.69) is 55.5 Å². The van der Waals surface area contributed by atoms with Gasteiger partial charge in [0.25, 0.3) is 0 Å². The van der Waals surface area contributed by atoms with Gasteiger partial charge in [0.15, 0.2) is 0 Å². The number of pyridine rings is 1. The predicted molar refractivity (Wildman–Crippen MR) is 75.4 cm³/mol. The second-order valence-corrected chi connectivity index (χ2v) is 6.01. The number of rotatable bonds is 3. The van der Waals surface area contributed by atoms with Crippen molar-refractivity contribution in [2.24, 2.45) is 11.3 Å². The van der Waals surface area contributed by atoms with Crippen LogP contribution in [0.1, 0.15) is 31.9 Å². The van der Waals surface area contributed by atoms with Gasteiger partial charge in [-0.25, -0.2) is 0 Å². The van der Waals surface area contributed by atoms with Gasteiger partial charge in [-0.2, -0.15) is 0 Å². The minimum absolute atomic E-state index is 0.438. The summed E-state index contributed by atoms with van der Waals surface area (Å²) in [7, 11) is 2.06. The average molecular weight is 240 g/mol. The number of nitrogens with one attached hydrogen (secondary N) is 1. The Morgan fingerprint density at radius 1 is 1.33 bits per heavy atom. The molecule has 1 saturated carbocycles. The maximum absolute atomic E-state index is 4.28. The van der Waals surface area contributed by atoms with Gasteiger partial charge in [-0.3, -0.25) is 4.98 Å². The summed E-state index contributed by atoms with van der Waals surface area (Å²) in [5.41, 5.74) is 1.86. The molecule has 18 heavy (non-hydrogen) atoms. The van der Waals surface area contributed by atoms with Gasteiger partial charge in [0.2, 0.25) is 0 Å². The van der Waals surface area contributed by atoms with Crippen LogP contribution in [0.15, 0.2) is 36.7 Å². The molecule has 0 bridgehead atoms. The summed E-state index contributed by atoms with van der Waals surface area (Å²) >= 11 is 0. The molecule has 2 unspecified atom stereocenters. The maximum atomic E-state index is 4.28. The van der Waals surface area contributed by atoms with Crippen molar-refractivity contribution in [2.45, 2.75) is 26.3 Å². The van der Waals surface area contributed by atoms with Crippen LogP contribution in [0.3, 0.4) is 0 Å². The number of nitrogens with zero attached hydrogens (tertiary/aromatic N) is 1. The van der Waals surface area contributed by atoms with Crippen LogP contribution in [0, 0.1) is 11.3 Å². The molecule has 0 spiro atoms. The normalized spacial score (nSPS) is 22.9. The smallest absolute Gasteiger partial charge is 0.0358 e. The monoisotopic (exact) mass is 240 g/mol. The fourth-order valence-corrected chi connectivity index (χ4v) is 3.06. The molecule has 2 aromatic rings. The van der Waals surface area contributed by atoms with Crippen molar-refractivity contribution in [3.05, 3.63) is 42.2 Å². The zero-order chi connectivity index (χ0) is 12.8. The molecular weight excluding hydrogens is 220 g/mol. The third kappa shape index (κ3) is 1.81. The first-order chi connectivity index (χ1) is 8.63. The van der Waals surface area contributed by atoms with E-state index in [0.717, 1.165) is 5.92 Å². The van der Waals surface area contributed by atoms with Gasteiger partial charge in [0.05, 0.1) is 0 Å². The molecule has 0 radical (unpaired) electrons. The second-order valence-electron chi connectivity index (χ2n) is 6.01. The van der Waals surface area contributed by atoms with E-state index in [1.807, 2.05) is 12.4 Å². The van der Waals surface area contributed by atoms with Crippen molar-refractivity contribution >= 4 is 10.8 Å². The highest BCUT2D eigenvalue weighted by molar-refractivity contribution is 5.85. The highest BCUT2D eigenvalue weighted by atomic mass is 14.9. The van der Waals surface area contributed by atoms with Crippen molar-refractivity contribution < 1.29 is 0 Å². The van der Waals surface area contributed by atoms with E-state index < -0.39 is 0 Å². The summed E-state index contributed by atoms with van der Waals surface area (Å²) in [5, 5.41) is 6.06. The Balaban J connectivity index is 2.08. The van der Waals surface area contributed by atoms with Gasteiger partial charge in [0.1, 0.15) is 0 Å². The van der Waals surface area contributed by atoms with Crippen molar-refractivity contribution in [2.75, 3.05) is 7.05 Å². The van der Waals surface area contributed by atoms with E-state index in [4.69, 9.17) is 0 Å². The molecule has 1 aromatic heterocycles. The fraction of sp³-hybridized carbons (Fsp3) is 0.438. The molecular formula is C16H20N2. The van der Waals surface area contributed by atoms with Crippen molar-refractivity contribution in [3.63, 3.8) is 0 Å². The van der Waals surface area contributed by atoms with Crippen LogP contribution in [-0.4, -0.2) is 12.0 Å². The van der Waals surface area contributed by atoms with Gasteiger partial charge in [-0.15, -0.1) is 0 Å². The van der Waals surface area contributed by atoms with Gasteiger partial charge in [-0.1, -0.05) is 32.0 Å². The van der Waals surface area contributed by atoms with Crippen LogP contribution in [0.2, 0.25) is 0 Å². The summed E-state index contributed by atoms with van der Waals surface area (Å²) in [5.74, 6) is 0.730. The predicted octanol–water partition coefficient (Wildman–Crippen LogP) is 3.54. The third-order valence-corrected chi connectivity index (χ3v) is 4.36. The molecule has 1 aliphatic rings. The van der Waals surface area contributed by atoms with Crippen LogP contribution in [0.25, 0.3) is 10.8 Å². The average Bonchev–Trinajstić information content (AvgIpc) is 2.99. The quantitative estimate of drug-likeness (QED) is 0.887. The molecule has 0 saturated heterocycles. The molecule has 1 aliphatic carbocycles. The topological polar surface area (TPSA) is 24.9 Å².